The van der Waals surface area contributed by atoms with Crippen LogP contribution >= 0.6 is 11.3 Å². The van der Waals surface area contributed by atoms with Gasteiger partial charge in [0.15, 0.2) is 5.01 Å². The van der Waals surface area contributed by atoms with Crippen molar-refractivity contribution >= 4 is 33.9 Å². The zero-order valence-electron chi connectivity index (χ0n) is 15.9. The minimum atomic E-state index is -0.894. The number of thiazole rings is 1. The third kappa shape index (κ3) is 4.25. The van der Waals surface area contributed by atoms with Gasteiger partial charge in [0.1, 0.15) is 12.5 Å². The highest BCUT2D eigenvalue weighted by Gasteiger charge is 2.27. The van der Waals surface area contributed by atoms with Crippen LogP contribution in [-0.4, -0.2) is 16.7 Å². The number of Topliss-reactive ketones (excluding diaryl/α,β-unsaturated/α-hetero) is 1. The first kappa shape index (κ1) is 19.0. The minimum absolute atomic E-state index is 0.150. The second-order valence-corrected chi connectivity index (χ2v) is 7.80. The van der Waals surface area contributed by atoms with Gasteiger partial charge in [0, 0.05) is 6.20 Å². The van der Waals surface area contributed by atoms with Crippen LogP contribution < -0.4 is 0 Å². The Labute approximate surface area is 172 Å². The number of hydrogen-bond donors (Lipinski definition) is 0. The number of carbonyl (C=O) groups is 2. The summed E-state index contributed by atoms with van der Waals surface area (Å²) >= 11 is 1.29. The third-order valence-electron chi connectivity index (χ3n) is 4.72. The molecule has 1 aromatic heterocycles. The maximum absolute atomic E-state index is 12.7. The van der Waals surface area contributed by atoms with E-state index in [9.17, 15) is 9.59 Å². The lowest BCUT2D eigenvalue weighted by Gasteiger charge is -2.09. The first-order valence-electron chi connectivity index (χ1n) is 9.31. The molecule has 4 rings (SSSR count). The lowest BCUT2D eigenvalue weighted by molar-refractivity contribution is -0.147. The predicted octanol–water partition coefficient (Wildman–Crippen LogP) is 5.53. The largest absolute Gasteiger partial charge is 0.460 e. The molecule has 1 atom stereocenters. The van der Waals surface area contributed by atoms with Crippen molar-refractivity contribution in [1.29, 1.82) is 0 Å². The van der Waals surface area contributed by atoms with Crippen LogP contribution in [-0.2, 0) is 16.1 Å². The average Bonchev–Trinajstić information content (AvgIpc) is 3.27. The number of rotatable bonds is 6. The van der Waals surface area contributed by atoms with Crippen LogP contribution in [0.15, 0.2) is 79.0 Å². The molecule has 0 bridgehead atoms. The summed E-state index contributed by atoms with van der Waals surface area (Å²) in [5.74, 6) is -1.75. The van der Waals surface area contributed by atoms with Gasteiger partial charge in [-0.1, -0.05) is 66.7 Å². The molecule has 4 nitrogen and oxygen atoms in total. The summed E-state index contributed by atoms with van der Waals surface area (Å²) in [7, 11) is 0. The van der Waals surface area contributed by atoms with Gasteiger partial charge in [-0.25, -0.2) is 4.98 Å². The highest BCUT2D eigenvalue weighted by Crippen LogP contribution is 2.30. The average molecular weight is 401 g/mol. The minimum Gasteiger partial charge on any atom is -0.460 e. The molecule has 1 unspecified atom stereocenters. The summed E-state index contributed by atoms with van der Waals surface area (Å²) in [6.07, 6.45) is 1.68. The van der Waals surface area contributed by atoms with Gasteiger partial charge in [-0.15, -0.1) is 11.3 Å². The zero-order chi connectivity index (χ0) is 20.2. The fourth-order valence-electron chi connectivity index (χ4n) is 3.01. The van der Waals surface area contributed by atoms with Crippen LogP contribution in [0, 0.1) is 5.92 Å². The van der Waals surface area contributed by atoms with Crippen LogP contribution in [0.5, 0.6) is 0 Å². The van der Waals surface area contributed by atoms with Crippen LogP contribution in [0.3, 0.4) is 0 Å². The maximum Gasteiger partial charge on any atom is 0.317 e. The molecule has 0 fully saturated rings. The molecule has 144 valence electrons. The molecular weight excluding hydrogens is 382 g/mol. The predicted molar refractivity (Wildman–Crippen MR) is 115 cm³/mol. The zero-order valence-corrected chi connectivity index (χ0v) is 16.7. The molecule has 5 heteroatoms. The number of carbonyl (C=O) groups excluding carboxylic acids is 2. The first-order valence-corrected chi connectivity index (χ1v) is 10.1. The molecule has 0 amide bonds. The molecule has 0 spiro atoms. The molecule has 0 radical (unpaired) electrons. The van der Waals surface area contributed by atoms with Gasteiger partial charge in [0.2, 0.25) is 5.78 Å². The fraction of sp³-hybridized carbons (Fsp3) is 0.125. The quantitative estimate of drug-likeness (QED) is 0.242. The number of hydrogen-bond acceptors (Lipinski definition) is 5. The van der Waals surface area contributed by atoms with Gasteiger partial charge in [-0.3, -0.25) is 9.59 Å². The van der Waals surface area contributed by atoms with Crippen molar-refractivity contribution in [1.82, 2.24) is 4.98 Å². The van der Waals surface area contributed by atoms with Crippen LogP contribution in [0.2, 0.25) is 0 Å². The van der Waals surface area contributed by atoms with Gasteiger partial charge >= 0.3 is 5.97 Å². The molecule has 0 aliphatic carbocycles. The van der Waals surface area contributed by atoms with Crippen LogP contribution in [0.1, 0.15) is 22.3 Å². The SMILES string of the molecule is CC(C(=O)OCc1ccccc1)C(=O)c1ncc(-c2ccc3ccccc3c2)s1. The Morgan fingerprint density at radius 2 is 1.69 bits per heavy atom. The number of ether oxygens (including phenoxy) is 1. The second-order valence-electron chi connectivity index (χ2n) is 6.77. The Morgan fingerprint density at radius 3 is 2.48 bits per heavy atom. The number of aromatic nitrogens is 1. The number of benzene rings is 3. The van der Waals surface area contributed by atoms with Gasteiger partial charge in [0.25, 0.3) is 0 Å². The smallest absolute Gasteiger partial charge is 0.317 e. The molecule has 0 saturated carbocycles. The molecule has 0 saturated heterocycles. The van der Waals surface area contributed by atoms with Crippen molar-refractivity contribution in [2.45, 2.75) is 13.5 Å². The first-order chi connectivity index (χ1) is 14.1. The highest BCUT2D eigenvalue weighted by molar-refractivity contribution is 7.17. The van der Waals surface area contributed by atoms with Crippen molar-refractivity contribution in [2.75, 3.05) is 0 Å². The number of esters is 1. The van der Waals surface area contributed by atoms with Gasteiger partial charge in [0.05, 0.1) is 4.88 Å². The van der Waals surface area contributed by atoms with Crippen LogP contribution in [0.25, 0.3) is 21.2 Å². The van der Waals surface area contributed by atoms with Crippen molar-refractivity contribution < 1.29 is 14.3 Å². The second kappa shape index (κ2) is 8.37. The molecule has 3 aromatic carbocycles. The Bertz CT molecular complexity index is 1170. The maximum atomic E-state index is 12.7. The summed E-state index contributed by atoms with van der Waals surface area (Å²) in [6.45, 7) is 1.71. The molecule has 29 heavy (non-hydrogen) atoms. The number of fused-ring (bicyclic) bond motifs is 1. The normalized spacial score (nSPS) is 11.9. The Kier molecular flexibility index (Phi) is 5.49. The van der Waals surface area contributed by atoms with Crippen LogP contribution in [0.4, 0.5) is 0 Å². The standard InChI is InChI=1S/C24H19NO3S/c1-16(24(27)28-15-17-7-3-2-4-8-17)22(26)23-25-14-21(29-23)20-12-11-18-9-5-6-10-19(18)13-20/h2-14,16H,15H2,1H3. The van der Waals surface area contributed by atoms with Crippen molar-refractivity contribution in [2.24, 2.45) is 5.92 Å². The summed E-state index contributed by atoms with van der Waals surface area (Å²) in [5.41, 5.74) is 1.88. The molecule has 0 aliphatic heterocycles. The van der Waals surface area contributed by atoms with E-state index in [1.807, 2.05) is 48.5 Å². The van der Waals surface area contributed by atoms with E-state index in [2.05, 4.69) is 29.2 Å². The molecule has 4 aromatic rings. The van der Waals surface area contributed by atoms with E-state index < -0.39 is 11.9 Å². The number of ketones is 1. The van der Waals surface area contributed by atoms with Crippen molar-refractivity contribution in [3.05, 3.63) is 89.6 Å². The molecule has 1 heterocycles. The summed E-state index contributed by atoms with van der Waals surface area (Å²) in [6, 6.07) is 23.6. The topological polar surface area (TPSA) is 56.3 Å². The van der Waals surface area contributed by atoms with E-state index in [0.717, 1.165) is 26.8 Å². The van der Waals surface area contributed by atoms with Crippen molar-refractivity contribution in [3.63, 3.8) is 0 Å². The van der Waals surface area contributed by atoms with E-state index in [0.29, 0.717) is 5.01 Å². The summed E-state index contributed by atoms with van der Waals surface area (Å²) in [4.78, 5) is 30.1. The monoisotopic (exact) mass is 401 g/mol. The van der Waals surface area contributed by atoms with E-state index >= 15 is 0 Å². The van der Waals surface area contributed by atoms with E-state index in [4.69, 9.17) is 4.74 Å². The molecule has 0 N–H and O–H groups in total. The van der Waals surface area contributed by atoms with Crippen molar-refractivity contribution in [3.8, 4) is 10.4 Å². The van der Waals surface area contributed by atoms with E-state index in [-0.39, 0.29) is 12.4 Å². The van der Waals surface area contributed by atoms with E-state index in [1.54, 1.807) is 13.1 Å². The van der Waals surface area contributed by atoms with E-state index in [1.165, 1.54) is 11.3 Å². The van der Waals surface area contributed by atoms with Gasteiger partial charge < -0.3 is 4.74 Å². The summed E-state index contributed by atoms with van der Waals surface area (Å²) in [5, 5.41) is 2.60. The Hall–Kier alpha value is -3.31. The van der Waals surface area contributed by atoms with Gasteiger partial charge in [-0.2, -0.15) is 0 Å². The Balaban J connectivity index is 1.46. The molecule has 0 aliphatic rings. The lowest BCUT2D eigenvalue weighted by Crippen LogP contribution is -2.23. The Morgan fingerprint density at radius 1 is 0.966 bits per heavy atom. The number of nitrogens with zero attached hydrogens (tertiary/aromatic N) is 1. The molecular formula is C24H19NO3S. The fourth-order valence-corrected chi connectivity index (χ4v) is 3.95. The third-order valence-corrected chi connectivity index (χ3v) is 5.78. The lowest BCUT2D eigenvalue weighted by atomic mass is 10.1. The highest BCUT2D eigenvalue weighted by atomic mass is 32.1. The summed E-state index contributed by atoms with van der Waals surface area (Å²) < 4.78 is 5.29. The van der Waals surface area contributed by atoms with Gasteiger partial charge in [-0.05, 0) is 34.9 Å².